The monoisotopic (exact) mass is 326 g/mol. The maximum absolute atomic E-state index is 11.8. The van der Waals surface area contributed by atoms with Crippen molar-refractivity contribution in [2.45, 2.75) is 25.3 Å². The minimum Gasteiger partial charge on any atom is -0.478 e. The zero-order chi connectivity index (χ0) is 14.0. The average molecular weight is 327 g/mol. The second kappa shape index (κ2) is 5.71. The summed E-state index contributed by atoms with van der Waals surface area (Å²) in [6.07, 6.45) is 2.45. The highest BCUT2D eigenvalue weighted by atomic mass is 79.9. The third-order valence-electron chi connectivity index (χ3n) is 3.08. The van der Waals surface area contributed by atoms with Crippen LogP contribution < -0.4 is 11.1 Å². The van der Waals surface area contributed by atoms with Gasteiger partial charge in [0.25, 0.3) is 0 Å². The van der Waals surface area contributed by atoms with Crippen molar-refractivity contribution in [3.63, 3.8) is 0 Å². The Morgan fingerprint density at radius 1 is 1.42 bits per heavy atom. The number of nitrogens with two attached hydrogens (primary N) is 1. The molecule has 0 saturated heterocycles. The van der Waals surface area contributed by atoms with Crippen LogP contribution in [0.1, 0.15) is 29.6 Å². The smallest absolute Gasteiger partial charge is 0.335 e. The van der Waals surface area contributed by atoms with E-state index in [9.17, 15) is 9.59 Å². The van der Waals surface area contributed by atoms with Gasteiger partial charge < -0.3 is 16.2 Å². The summed E-state index contributed by atoms with van der Waals surface area (Å²) in [5.74, 6) is -0.761. The van der Waals surface area contributed by atoms with Crippen molar-refractivity contribution in [3.05, 3.63) is 28.2 Å². The van der Waals surface area contributed by atoms with E-state index in [1.807, 2.05) is 0 Å². The van der Waals surface area contributed by atoms with Crippen molar-refractivity contribution >= 4 is 33.5 Å². The van der Waals surface area contributed by atoms with Crippen molar-refractivity contribution < 1.29 is 14.7 Å². The van der Waals surface area contributed by atoms with Crippen molar-refractivity contribution in [1.29, 1.82) is 0 Å². The standard InChI is InChI=1S/C13H15BrN2O3/c14-9-3-8(13(18)19)4-10(5-9)16-12(17)6-11(15)7-1-2-7/h3-5,7,11H,1-2,6,15H2,(H,16,17)(H,18,19). The highest BCUT2D eigenvalue weighted by Gasteiger charge is 2.29. The van der Waals surface area contributed by atoms with Gasteiger partial charge in [-0.1, -0.05) is 15.9 Å². The number of carboxylic acids is 1. The number of aromatic carboxylic acids is 1. The van der Waals surface area contributed by atoms with Crippen LogP contribution >= 0.6 is 15.9 Å². The number of halogens is 1. The molecule has 6 heteroatoms. The molecule has 102 valence electrons. The van der Waals surface area contributed by atoms with Gasteiger partial charge in [0.2, 0.25) is 5.91 Å². The summed E-state index contributed by atoms with van der Waals surface area (Å²) in [5, 5.41) is 11.6. The van der Waals surface area contributed by atoms with Gasteiger partial charge in [-0.2, -0.15) is 0 Å². The number of rotatable bonds is 5. The Balaban J connectivity index is 2.01. The van der Waals surface area contributed by atoms with E-state index in [1.54, 1.807) is 6.07 Å². The van der Waals surface area contributed by atoms with Crippen LogP contribution in [0.25, 0.3) is 0 Å². The lowest BCUT2D eigenvalue weighted by atomic mass is 10.1. The van der Waals surface area contributed by atoms with E-state index >= 15 is 0 Å². The van der Waals surface area contributed by atoms with Crippen LogP contribution in [0.5, 0.6) is 0 Å². The fourth-order valence-electron chi connectivity index (χ4n) is 1.90. The molecular weight excluding hydrogens is 312 g/mol. The van der Waals surface area contributed by atoms with E-state index in [1.165, 1.54) is 12.1 Å². The van der Waals surface area contributed by atoms with Crippen molar-refractivity contribution in [1.82, 2.24) is 0 Å². The van der Waals surface area contributed by atoms with Crippen molar-refractivity contribution in [3.8, 4) is 0 Å². The Morgan fingerprint density at radius 3 is 2.68 bits per heavy atom. The molecule has 4 N–H and O–H groups in total. The van der Waals surface area contributed by atoms with E-state index in [4.69, 9.17) is 10.8 Å². The Labute approximate surface area is 119 Å². The van der Waals surface area contributed by atoms with Crippen LogP contribution in [-0.2, 0) is 4.79 Å². The Kier molecular flexibility index (Phi) is 4.21. The lowest BCUT2D eigenvalue weighted by Gasteiger charge is -2.11. The molecule has 0 spiro atoms. The SMILES string of the molecule is NC(CC(=O)Nc1cc(Br)cc(C(=O)O)c1)C1CC1. The molecule has 1 saturated carbocycles. The minimum absolute atomic E-state index is 0.105. The molecular formula is C13H15BrN2O3. The van der Waals surface area contributed by atoms with Gasteiger partial charge >= 0.3 is 5.97 Å². The number of benzene rings is 1. The Bertz CT molecular complexity index is 515. The lowest BCUT2D eigenvalue weighted by Crippen LogP contribution is -2.28. The van der Waals surface area contributed by atoms with Crippen LogP contribution in [0.2, 0.25) is 0 Å². The molecule has 1 amide bonds. The summed E-state index contributed by atoms with van der Waals surface area (Å²) < 4.78 is 0.606. The molecule has 1 aliphatic carbocycles. The minimum atomic E-state index is -1.04. The molecule has 1 aromatic rings. The fourth-order valence-corrected chi connectivity index (χ4v) is 2.40. The summed E-state index contributed by atoms with van der Waals surface area (Å²) in [6.45, 7) is 0. The first-order valence-electron chi connectivity index (χ1n) is 6.05. The zero-order valence-electron chi connectivity index (χ0n) is 10.2. The van der Waals surface area contributed by atoms with Crippen LogP contribution in [-0.4, -0.2) is 23.0 Å². The van der Waals surface area contributed by atoms with Crippen LogP contribution in [0.4, 0.5) is 5.69 Å². The molecule has 5 nitrogen and oxygen atoms in total. The number of amides is 1. The van der Waals surface area contributed by atoms with Crippen molar-refractivity contribution in [2.75, 3.05) is 5.32 Å². The molecule has 0 bridgehead atoms. The van der Waals surface area contributed by atoms with Crippen LogP contribution in [0.3, 0.4) is 0 Å². The lowest BCUT2D eigenvalue weighted by molar-refractivity contribution is -0.116. The number of nitrogens with one attached hydrogen (secondary N) is 1. The quantitative estimate of drug-likeness (QED) is 0.773. The highest BCUT2D eigenvalue weighted by molar-refractivity contribution is 9.10. The van der Waals surface area contributed by atoms with Gasteiger partial charge in [-0.15, -0.1) is 0 Å². The summed E-state index contributed by atoms with van der Waals surface area (Å²) >= 11 is 3.22. The molecule has 0 aromatic heterocycles. The fraction of sp³-hybridized carbons (Fsp3) is 0.385. The normalized spacial score (nSPS) is 15.9. The van der Waals surface area contributed by atoms with Gasteiger partial charge in [0.1, 0.15) is 0 Å². The summed E-state index contributed by atoms with van der Waals surface area (Å²) in [6, 6.07) is 4.46. The third kappa shape index (κ3) is 4.04. The number of hydrogen-bond donors (Lipinski definition) is 3. The first-order chi connectivity index (χ1) is 8.95. The zero-order valence-corrected chi connectivity index (χ0v) is 11.8. The maximum Gasteiger partial charge on any atom is 0.335 e. The first kappa shape index (κ1) is 14.0. The number of carbonyl (C=O) groups excluding carboxylic acids is 1. The number of hydrogen-bond acceptors (Lipinski definition) is 3. The molecule has 0 heterocycles. The largest absolute Gasteiger partial charge is 0.478 e. The topological polar surface area (TPSA) is 92.4 Å². The third-order valence-corrected chi connectivity index (χ3v) is 3.53. The van der Waals surface area contributed by atoms with Gasteiger partial charge in [0.05, 0.1) is 5.56 Å². The average Bonchev–Trinajstić information content (AvgIpc) is 3.11. The second-order valence-electron chi connectivity index (χ2n) is 4.79. The Morgan fingerprint density at radius 2 is 2.11 bits per heavy atom. The summed E-state index contributed by atoms with van der Waals surface area (Å²) in [7, 11) is 0. The molecule has 1 fully saturated rings. The number of carbonyl (C=O) groups is 2. The molecule has 0 aliphatic heterocycles. The number of carboxylic acid groups (broad SMARTS) is 1. The van der Waals surface area contributed by atoms with Gasteiger partial charge in [-0.05, 0) is 37.0 Å². The molecule has 1 atom stereocenters. The maximum atomic E-state index is 11.8. The van der Waals surface area contributed by atoms with E-state index in [0.717, 1.165) is 12.8 Å². The molecule has 1 unspecified atom stereocenters. The predicted octanol–water partition coefficient (Wildman–Crippen LogP) is 2.21. The molecule has 1 aliphatic rings. The first-order valence-corrected chi connectivity index (χ1v) is 6.84. The number of anilines is 1. The van der Waals surface area contributed by atoms with Gasteiger partial charge in [0, 0.05) is 22.6 Å². The molecule has 0 radical (unpaired) electrons. The van der Waals surface area contributed by atoms with Gasteiger partial charge in [0.15, 0.2) is 0 Å². The van der Waals surface area contributed by atoms with Crippen LogP contribution in [0.15, 0.2) is 22.7 Å². The van der Waals surface area contributed by atoms with Crippen molar-refractivity contribution in [2.24, 2.45) is 11.7 Å². The van der Waals surface area contributed by atoms with Gasteiger partial charge in [-0.3, -0.25) is 4.79 Å². The summed E-state index contributed by atoms with van der Waals surface area (Å²) in [5.41, 5.74) is 6.46. The Hall–Kier alpha value is -1.40. The van der Waals surface area contributed by atoms with Crippen LogP contribution in [0, 0.1) is 5.92 Å². The highest BCUT2D eigenvalue weighted by Crippen LogP contribution is 2.32. The van der Waals surface area contributed by atoms with E-state index < -0.39 is 5.97 Å². The van der Waals surface area contributed by atoms with E-state index in [-0.39, 0.29) is 23.9 Å². The molecule has 1 aromatic carbocycles. The molecule has 19 heavy (non-hydrogen) atoms. The van der Waals surface area contributed by atoms with E-state index in [2.05, 4.69) is 21.2 Å². The van der Waals surface area contributed by atoms with Gasteiger partial charge in [-0.25, -0.2) is 4.79 Å². The predicted molar refractivity (Wildman–Crippen MR) is 75.0 cm³/mol. The van der Waals surface area contributed by atoms with E-state index in [0.29, 0.717) is 16.1 Å². The summed E-state index contributed by atoms with van der Waals surface area (Å²) in [4.78, 5) is 22.7. The second-order valence-corrected chi connectivity index (χ2v) is 5.70. The molecule has 2 rings (SSSR count).